The second kappa shape index (κ2) is 11.4. The van der Waals surface area contributed by atoms with Gasteiger partial charge in [-0.25, -0.2) is 0 Å². The summed E-state index contributed by atoms with van der Waals surface area (Å²) >= 11 is 0. The molecule has 0 aliphatic carbocycles. The maximum atomic E-state index is 10.2. The van der Waals surface area contributed by atoms with Crippen LogP contribution in [0, 0.1) is 0 Å². The number of methoxy groups -OCH3 is 2. The minimum atomic E-state index is -0.768. The highest BCUT2D eigenvalue weighted by molar-refractivity contribution is 14.0. The fraction of sp³-hybridized carbons (Fsp3) is 0.588. The van der Waals surface area contributed by atoms with Gasteiger partial charge in [0.05, 0.1) is 26.4 Å². The first kappa shape index (κ1) is 22.8. The lowest BCUT2D eigenvalue weighted by molar-refractivity contribution is 0.0418. The van der Waals surface area contributed by atoms with Crippen molar-refractivity contribution in [2.75, 3.05) is 27.3 Å². The van der Waals surface area contributed by atoms with Crippen LogP contribution in [0.25, 0.3) is 0 Å². The predicted octanol–water partition coefficient (Wildman–Crippen LogP) is 2.32. The molecule has 0 fully saturated rings. The maximum Gasteiger partial charge on any atom is 0.188 e. The molecule has 7 heteroatoms. The summed E-state index contributed by atoms with van der Waals surface area (Å²) in [7, 11) is 3.23. The van der Waals surface area contributed by atoms with Gasteiger partial charge in [-0.3, -0.25) is 4.99 Å². The summed E-state index contributed by atoms with van der Waals surface area (Å²) in [6.45, 7) is 4.86. The van der Waals surface area contributed by atoms with E-state index in [1.165, 1.54) is 0 Å². The van der Waals surface area contributed by atoms with Crippen LogP contribution in [0.5, 0.6) is 11.5 Å². The lowest BCUT2D eigenvalue weighted by Gasteiger charge is -2.22. The molecule has 0 amide bonds. The average Bonchev–Trinajstić information content (AvgIpc) is 2.59. The van der Waals surface area contributed by atoms with Crippen LogP contribution in [0.1, 0.15) is 32.3 Å². The van der Waals surface area contributed by atoms with Crippen molar-refractivity contribution in [3.05, 3.63) is 23.8 Å². The molecule has 0 saturated carbocycles. The Labute approximate surface area is 161 Å². The third kappa shape index (κ3) is 7.12. The van der Waals surface area contributed by atoms with Crippen molar-refractivity contribution >= 4 is 29.9 Å². The Hall–Kier alpha value is -1.22. The normalized spacial score (nSPS) is 11.6. The standard InChI is InChI=1S/C17H29N3O3.HI/c1-5-17(21,6-2)12-20-16(18)19-10-9-13-7-8-14(22-3)15(11-13)23-4;/h7-8,11,21H,5-6,9-10,12H2,1-4H3,(H3,18,19,20);1H. The molecule has 0 saturated heterocycles. The molecule has 138 valence electrons. The van der Waals surface area contributed by atoms with Crippen molar-refractivity contribution in [3.8, 4) is 11.5 Å². The molecule has 1 aromatic carbocycles. The Bertz CT molecular complexity index is 520. The van der Waals surface area contributed by atoms with Gasteiger partial charge in [0.1, 0.15) is 0 Å². The van der Waals surface area contributed by atoms with Crippen molar-refractivity contribution < 1.29 is 14.6 Å². The number of aliphatic imine (C=N–C) groups is 1. The fourth-order valence-electron chi connectivity index (χ4n) is 2.13. The molecule has 0 radical (unpaired) electrons. The molecule has 0 bridgehead atoms. The summed E-state index contributed by atoms with van der Waals surface area (Å²) in [4.78, 5) is 4.22. The quantitative estimate of drug-likeness (QED) is 0.305. The van der Waals surface area contributed by atoms with Crippen LogP contribution in [-0.2, 0) is 6.42 Å². The second-order valence-electron chi connectivity index (χ2n) is 5.50. The summed E-state index contributed by atoms with van der Waals surface area (Å²) in [5.41, 5.74) is 6.18. The number of rotatable bonds is 9. The monoisotopic (exact) mass is 451 g/mol. The molecule has 0 unspecified atom stereocenters. The molecule has 0 atom stereocenters. The number of benzene rings is 1. The van der Waals surface area contributed by atoms with Crippen molar-refractivity contribution in [3.63, 3.8) is 0 Å². The molecule has 6 nitrogen and oxygen atoms in total. The first-order valence-electron chi connectivity index (χ1n) is 7.95. The number of hydrogen-bond donors (Lipinski definition) is 3. The third-order valence-corrected chi connectivity index (χ3v) is 4.03. The zero-order chi connectivity index (χ0) is 17.3. The van der Waals surface area contributed by atoms with Gasteiger partial charge < -0.3 is 25.6 Å². The van der Waals surface area contributed by atoms with E-state index in [9.17, 15) is 5.11 Å². The van der Waals surface area contributed by atoms with Crippen LogP contribution in [-0.4, -0.2) is 44.0 Å². The fourth-order valence-corrected chi connectivity index (χ4v) is 2.13. The second-order valence-corrected chi connectivity index (χ2v) is 5.50. The van der Waals surface area contributed by atoms with Crippen LogP contribution in [0.3, 0.4) is 0 Å². The highest BCUT2D eigenvalue weighted by Crippen LogP contribution is 2.27. The number of guanidine groups is 1. The number of halogens is 1. The topological polar surface area (TPSA) is 89.1 Å². The molecule has 24 heavy (non-hydrogen) atoms. The van der Waals surface area contributed by atoms with E-state index in [-0.39, 0.29) is 24.0 Å². The first-order valence-corrected chi connectivity index (χ1v) is 7.95. The van der Waals surface area contributed by atoms with Crippen molar-refractivity contribution in [2.45, 2.75) is 38.7 Å². The Morgan fingerprint density at radius 3 is 2.38 bits per heavy atom. The van der Waals surface area contributed by atoms with E-state index in [0.717, 1.165) is 12.0 Å². The van der Waals surface area contributed by atoms with Gasteiger partial charge in [0.2, 0.25) is 0 Å². The lowest BCUT2D eigenvalue weighted by Crippen LogP contribution is -2.37. The molecule has 0 aromatic heterocycles. The van der Waals surface area contributed by atoms with E-state index in [0.29, 0.717) is 43.4 Å². The van der Waals surface area contributed by atoms with Gasteiger partial charge in [-0.1, -0.05) is 19.9 Å². The summed E-state index contributed by atoms with van der Waals surface area (Å²) < 4.78 is 10.5. The zero-order valence-corrected chi connectivity index (χ0v) is 17.3. The molecular weight excluding hydrogens is 421 g/mol. The largest absolute Gasteiger partial charge is 0.493 e. The molecule has 0 heterocycles. The third-order valence-electron chi connectivity index (χ3n) is 4.03. The smallest absolute Gasteiger partial charge is 0.188 e. The van der Waals surface area contributed by atoms with Gasteiger partial charge >= 0.3 is 0 Å². The van der Waals surface area contributed by atoms with E-state index in [1.807, 2.05) is 32.0 Å². The molecule has 4 N–H and O–H groups in total. The summed E-state index contributed by atoms with van der Waals surface area (Å²) in [5.74, 6) is 1.78. The van der Waals surface area contributed by atoms with Gasteiger partial charge in [0, 0.05) is 6.54 Å². The number of hydrogen-bond acceptors (Lipinski definition) is 4. The van der Waals surface area contributed by atoms with Gasteiger partial charge in [-0.2, -0.15) is 0 Å². The SMILES string of the molecule is CCC(O)(CC)CN=C(N)NCCc1ccc(OC)c(OC)c1.I. The van der Waals surface area contributed by atoms with E-state index in [1.54, 1.807) is 14.2 Å². The summed E-state index contributed by atoms with van der Waals surface area (Å²) in [5, 5.41) is 13.2. The van der Waals surface area contributed by atoms with Crippen LogP contribution in [0.2, 0.25) is 0 Å². The number of nitrogens with two attached hydrogens (primary N) is 1. The molecule has 0 aliphatic heterocycles. The lowest BCUT2D eigenvalue weighted by atomic mass is 9.98. The molecule has 0 aliphatic rings. The zero-order valence-electron chi connectivity index (χ0n) is 15.0. The van der Waals surface area contributed by atoms with Crippen molar-refractivity contribution in [1.82, 2.24) is 5.32 Å². The average molecular weight is 451 g/mol. The van der Waals surface area contributed by atoms with E-state index < -0.39 is 5.60 Å². The molecule has 1 rings (SSSR count). The van der Waals surface area contributed by atoms with Gasteiger partial charge in [-0.15, -0.1) is 24.0 Å². The van der Waals surface area contributed by atoms with Crippen LogP contribution >= 0.6 is 24.0 Å². The Balaban J connectivity index is 0.00000529. The number of ether oxygens (including phenoxy) is 2. The van der Waals surface area contributed by atoms with Crippen molar-refractivity contribution in [1.29, 1.82) is 0 Å². The first-order chi connectivity index (χ1) is 11.0. The van der Waals surface area contributed by atoms with Crippen molar-refractivity contribution in [2.24, 2.45) is 10.7 Å². The Kier molecular flexibility index (Phi) is 10.8. The van der Waals surface area contributed by atoms with Crippen LogP contribution in [0.4, 0.5) is 0 Å². The number of nitrogens with zero attached hydrogens (tertiary/aromatic N) is 1. The van der Waals surface area contributed by atoms with Crippen LogP contribution in [0.15, 0.2) is 23.2 Å². The highest BCUT2D eigenvalue weighted by atomic mass is 127. The molecular formula is C17H30IN3O3. The predicted molar refractivity (Wildman–Crippen MR) is 109 cm³/mol. The minimum absolute atomic E-state index is 0. The summed E-state index contributed by atoms with van der Waals surface area (Å²) in [6.07, 6.45) is 2.10. The minimum Gasteiger partial charge on any atom is -0.493 e. The molecule has 0 spiro atoms. The van der Waals surface area contributed by atoms with Gasteiger partial charge in [-0.05, 0) is 37.0 Å². The number of nitrogens with one attached hydrogen (secondary N) is 1. The summed E-state index contributed by atoms with van der Waals surface area (Å²) in [6, 6.07) is 5.82. The highest BCUT2D eigenvalue weighted by Gasteiger charge is 2.21. The molecule has 1 aromatic rings. The van der Waals surface area contributed by atoms with E-state index >= 15 is 0 Å². The maximum absolute atomic E-state index is 10.2. The van der Waals surface area contributed by atoms with E-state index in [2.05, 4.69) is 10.3 Å². The van der Waals surface area contributed by atoms with E-state index in [4.69, 9.17) is 15.2 Å². The van der Waals surface area contributed by atoms with Gasteiger partial charge in [0.25, 0.3) is 0 Å². The van der Waals surface area contributed by atoms with Gasteiger partial charge in [0.15, 0.2) is 17.5 Å². The van der Waals surface area contributed by atoms with Crippen LogP contribution < -0.4 is 20.5 Å². The Morgan fingerprint density at radius 2 is 1.83 bits per heavy atom. The Morgan fingerprint density at radius 1 is 1.21 bits per heavy atom. The number of aliphatic hydroxyl groups is 1.